The van der Waals surface area contributed by atoms with E-state index in [1.54, 1.807) is 0 Å². The molecule has 5 nitrogen and oxygen atoms in total. The number of benzene rings is 1. The summed E-state index contributed by atoms with van der Waals surface area (Å²) in [5.41, 5.74) is 1.85. The van der Waals surface area contributed by atoms with E-state index in [0.717, 1.165) is 23.4 Å². The third-order valence-corrected chi connectivity index (χ3v) is 3.32. The summed E-state index contributed by atoms with van der Waals surface area (Å²) in [6.45, 7) is 4.83. The first-order valence-electron chi connectivity index (χ1n) is 7.03. The number of nitrogens with one attached hydrogen (secondary N) is 1. The van der Waals surface area contributed by atoms with Gasteiger partial charge in [0.15, 0.2) is 11.5 Å². The molecule has 1 aromatic heterocycles. The molecule has 0 spiro atoms. The highest BCUT2D eigenvalue weighted by atomic mass is 16.5. The van der Waals surface area contributed by atoms with Crippen molar-refractivity contribution in [3.63, 3.8) is 0 Å². The Labute approximate surface area is 124 Å². The molecule has 2 heterocycles. The topological polar surface area (TPSA) is 56.3 Å². The molecule has 0 saturated heterocycles. The molecule has 0 bridgehead atoms. The zero-order chi connectivity index (χ0) is 14.9. The number of ether oxygens (including phenoxy) is 2. The van der Waals surface area contributed by atoms with Crippen LogP contribution in [0.15, 0.2) is 30.3 Å². The van der Waals surface area contributed by atoms with Crippen LogP contribution >= 0.6 is 0 Å². The Morgan fingerprint density at radius 3 is 2.81 bits per heavy atom. The Morgan fingerprint density at radius 1 is 1.24 bits per heavy atom. The Morgan fingerprint density at radius 2 is 2.10 bits per heavy atom. The monoisotopic (exact) mass is 285 g/mol. The fourth-order valence-electron chi connectivity index (χ4n) is 2.46. The van der Waals surface area contributed by atoms with Crippen LogP contribution in [0.4, 0.5) is 0 Å². The van der Waals surface area contributed by atoms with Crippen LogP contribution in [0.1, 0.15) is 25.1 Å². The van der Waals surface area contributed by atoms with E-state index in [0.29, 0.717) is 18.2 Å². The van der Waals surface area contributed by atoms with Crippen LogP contribution in [0.5, 0.6) is 17.4 Å². The van der Waals surface area contributed by atoms with Gasteiger partial charge in [-0.15, -0.1) is 5.10 Å². The van der Waals surface area contributed by atoms with Gasteiger partial charge in [-0.05, 0) is 33.0 Å². The van der Waals surface area contributed by atoms with E-state index in [1.165, 1.54) is 0 Å². The van der Waals surface area contributed by atoms with Gasteiger partial charge < -0.3 is 14.8 Å². The largest absolute Gasteiger partial charge is 0.483 e. The molecule has 0 amide bonds. The average Bonchev–Trinajstić information content (AvgIpc) is 2.76. The highest BCUT2D eigenvalue weighted by molar-refractivity contribution is 5.51. The van der Waals surface area contributed by atoms with Crippen LogP contribution in [0.25, 0.3) is 0 Å². The first-order valence-corrected chi connectivity index (χ1v) is 7.03. The molecule has 5 heteroatoms. The Bertz CT molecular complexity index is 638. The van der Waals surface area contributed by atoms with Gasteiger partial charge in [0.05, 0.1) is 5.69 Å². The summed E-state index contributed by atoms with van der Waals surface area (Å²) in [5, 5.41) is 11.2. The lowest BCUT2D eigenvalue weighted by Gasteiger charge is -2.18. The van der Waals surface area contributed by atoms with Crippen molar-refractivity contribution >= 4 is 0 Å². The van der Waals surface area contributed by atoms with E-state index in [-0.39, 0.29) is 5.60 Å². The summed E-state index contributed by atoms with van der Waals surface area (Å²) in [7, 11) is 1.87. The third kappa shape index (κ3) is 2.97. The standard InChI is InChI=1S/C16H19N3O2/c1-16(2)9-11-5-4-6-13(15(11)21-16)20-14-8-7-12(10-17-3)18-19-14/h4-8,17H,9-10H2,1-3H3. The second-order valence-corrected chi connectivity index (χ2v) is 5.78. The van der Waals surface area contributed by atoms with Gasteiger partial charge in [0.1, 0.15) is 5.60 Å². The highest BCUT2D eigenvalue weighted by Crippen LogP contribution is 2.42. The van der Waals surface area contributed by atoms with Gasteiger partial charge in [0.2, 0.25) is 5.88 Å². The predicted molar refractivity (Wildman–Crippen MR) is 79.7 cm³/mol. The number of hydrogen-bond acceptors (Lipinski definition) is 5. The van der Waals surface area contributed by atoms with Crippen LogP contribution in [0.2, 0.25) is 0 Å². The molecule has 1 aromatic carbocycles. The molecule has 0 aliphatic carbocycles. The third-order valence-electron chi connectivity index (χ3n) is 3.32. The zero-order valence-electron chi connectivity index (χ0n) is 12.5. The quantitative estimate of drug-likeness (QED) is 0.936. The van der Waals surface area contributed by atoms with Gasteiger partial charge in [0, 0.05) is 24.6 Å². The normalized spacial score (nSPS) is 15.4. The lowest BCUT2D eigenvalue weighted by molar-refractivity contribution is 0.135. The molecule has 0 radical (unpaired) electrons. The molecule has 1 N–H and O–H groups in total. The van der Waals surface area contributed by atoms with Crippen molar-refractivity contribution in [1.82, 2.24) is 15.5 Å². The fraction of sp³-hybridized carbons (Fsp3) is 0.375. The number of para-hydroxylation sites is 1. The van der Waals surface area contributed by atoms with Crippen LogP contribution in [0, 0.1) is 0 Å². The predicted octanol–water partition coefficient (Wildman–Crippen LogP) is 2.70. The van der Waals surface area contributed by atoms with Gasteiger partial charge in [0.25, 0.3) is 0 Å². The molecule has 110 valence electrons. The number of rotatable bonds is 4. The molecule has 21 heavy (non-hydrogen) atoms. The van der Waals surface area contributed by atoms with Gasteiger partial charge in [-0.1, -0.05) is 12.1 Å². The molecule has 2 aromatic rings. The van der Waals surface area contributed by atoms with Gasteiger partial charge in [-0.3, -0.25) is 0 Å². The molecule has 0 atom stereocenters. The number of nitrogens with zero attached hydrogens (tertiary/aromatic N) is 2. The second-order valence-electron chi connectivity index (χ2n) is 5.78. The van der Waals surface area contributed by atoms with Crippen molar-refractivity contribution < 1.29 is 9.47 Å². The maximum absolute atomic E-state index is 5.98. The van der Waals surface area contributed by atoms with Crippen molar-refractivity contribution in [2.24, 2.45) is 0 Å². The first-order chi connectivity index (χ1) is 10.1. The molecule has 1 aliphatic heterocycles. The average molecular weight is 285 g/mol. The van der Waals surface area contributed by atoms with Gasteiger partial charge in [-0.2, -0.15) is 5.10 Å². The Hall–Kier alpha value is -2.14. The van der Waals surface area contributed by atoms with Gasteiger partial charge >= 0.3 is 0 Å². The van der Waals surface area contributed by atoms with E-state index < -0.39 is 0 Å². The van der Waals surface area contributed by atoms with Crippen molar-refractivity contribution in [3.05, 3.63) is 41.6 Å². The van der Waals surface area contributed by atoms with Crippen LogP contribution < -0.4 is 14.8 Å². The molecular formula is C16H19N3O2. The summed E-state index contributed by atoms with van der Waals surface area (Å²) < 4.78 is 11.8. The molecular weight excluding hydrogens is 266 g/mol. The van der Waals surface area contributed by atoms with Crippen LogP contribution in [-0.2, 0) is 13.0 Å². The Kier molecular flexibility index (Phi) is 3.51. The van der Waals surface area contributed by atoms with E-state index in [1.807, 2.05) is 31.3 Å². The van der Waals surface area contributed by atoms with Crippen molar-refractivity contribution in [1.29, 1.82) is 0 Å². The minimum absolute atomic E-state index is 0.190. The van der Waals surface area contributed by atoms with E-state index in [4.69, 9.17) is 9.47 Å². The van der Waals surface area contributed by atoms with Gasteiger partial charge in [-0.25, -0.2) is 0 Å². The minimum atomic E-state index is -0.190. The summed E-state index contributed by atoms with van der Waals surface area (Å²) in [5.74, 6) is 1.97. The fourth-order valence-corrected chi connectivity index (χ4v) is 2.46. The van der Waals surface area contributed by atoms with E-state index in [9.17, 15) is 0 Å². The number of fused-ring (bicyclic) bond motifs is 1. The second kappa shape index (κ2) is 5.33. The summed E-state index contributed by atoms with van der Waals surface area (Å²) >= 11 is 0. The lowest BCUT2D eigenvalue weighted by atomic mass is 10.0. The summed E-state index contributed by atoms with van der Waals surface area (Å²) in [6, 6.07) is 9.65. The molecule has 0 fully saturated rings. The molecule has 3 rings (SSSR count). The minimum Gasteiger partial charge on any atom is -0.483 e. The Balaban J connectivity index is 1.82. The van der Waals surface area contributed by atoms with Crippen molar-refractivity contribution in [3.8, 4) is 17.4 Å². The first kappa shape index (κ1) is 13.8. The lowest BCUT2D eigenvalue weighted by Crippen LogP contribution is -2.24. The highest BCUT2D eigenvalue weighted by Gasteiger charge is 2.32. The summed E-state index contributed by atoms with van der Waals surface area (Å²) in [4.78, 5) is 0. The van der Waals surface area contributed by atoms with Crippen LogP contribution in [-0.4, -0.2) is 22.8 Å². The maximum atomic E-state index is 5.98. The molecule has 0 unspecified atom stereocenters. The number of hydrogen-bond donors (Lipinski definition) is 1. The number of aromatic nitrogens is 2. The van der Waals surface area contributed by atoms with E-state index >= 15 is 0 Å². The maximum Gasteiger partial charge on any atom is 0.239 e. The zero-order valence-corrected chi connectivity index (χ0v) is 12.5. The molecule has 1 aliphatic rings. The smallest absolute Gasteiger partial charge is 0.239 e. The van der Waals surface area contributed by atoms with Crippen molar-refractivity contribution in [2.45, 2.75) is 32.4 Å². The van der Waals surface area contributed by atoms with Crippen LogP contribution in [0.3, 0.4) is 0 Å². The SMILES string of the molecule is CNCc1ccc(Oc2cccc3c2OC(C)(C)C3)nn1. The molecule has 0 saturated carbocycles. The van der Waals surface area contributed by atoms with E-state index in [2.05, 4.69) is 35.4 Å². The summed E-state index contributed by atoms with van der Waals surface area (Å²) in [6.07, 6.45) is 0.881. The van der Waals surface area contributed by atoms with Crippen molar-refractivity contribution in [2.75, 3.05) is 7.05 Å².